The number of hydrogen-bond acceptors (Lipinski definition) is 6. The van der Waals surface area contributed by atoms with E-state index in [0.29, 0.717) is 23.1 Å². The van der Waals surface area contributed by atoms with E-state index in [2.05, 4.69) is 26.9 Å². The van der Waals surface area contributed by atoms with Gasteiger partial charge in [-0.25, -0.2) is 13.8 Å². The van der Waals surface area contributed by atoms with Gasteiger partial charge in [-0.05, 0) is 40.1 Å². The van der Waals surface area contributed by atoms with Gasteiger partial charge in [-0.2, -0.15) is 0 Å². The number of benzene rings is 2. The summed E-state index contributed by atoms with van der Waals surface area (Å²) in [5, 5.41) is 7.76. The Labute approximate surface area is 143 Å². The second-order valence-electron chi connectivity index (χ2n) is 5.35. The minimum absolute atomic E-state index is 0.283. The molecular weight excluding hydrogens is 325 g/mol. The van der Waals surface area contributed by atoms with Crippen molar-refractivity contribution in [1.29, 1.82) is 0 Å². The predicted molar refractivity (Wildman–Crippen MR) is 89.2 cm³/mol. The molecule has 0 spiro atoms. The molecule has 2 aromatic carbocycles. The van der Waals surface area contributed by atoms with Crippen molar-refractivity contribution in [2.45, 2.75) is 6.54 Å². The number of nitrogens with zero attached hydrogens (tertiary/aromatic N) is 3. The van der Waals surface area contributed by atoms with Crippen molar-refractivity contribution in [2.24, 2.45) is 0 Å². The number of methoxy groups -OCH3 is 1. The zero-order valence-electron chi connectivity index (χ0n) is 13.6. The standard InChI is InChI=1S/C18H14FN3O3/c1-22(11-12-3-6-14(19)7-4-12)16-10-13(5-8-17(23)24-2)9-15-18(16)21-25-20-15/h3-4,6-7,9-10H,11H2,1-2H3. The molecule has 0 aliphatic rings. The zero-order chi connectivity index (χ0) is 17.8. The molecule has 0 radical (unpaired) electrons. The van der Waals surface area contributed by atoms with E-state index in [0.717, 1.165) is 11.3 Å². The van der Waals surface area contributed by atoms with Crippen molar-refractivity contribution < 1.29 is 18.6 Å². The number of hydrogen-bond donors (Lipinski definition) is 0. The third kappa shape index (κ3) is 3.75. The highest BCUT2D eigenvalue weighted by molar-refractivity contribution is 5.91. The summed E-state index contributed by atoms with van der Waals surface area (Å²) >= 11 is 0. The molecule has 0 unspecified atom stereocenters. The molecule has 0 aliphatic heterocycles. The first kappa shape index (κ1) is 16.5. The molecule has 25 heavy (non-hydrogen) atoms. The van der Waals surface area contributed by atoms with Crippen LogP contribution in [-0.2, 0) is 16.1 Å². The fourth-order valence-corrected chi connectivity index (χ4v) is 2.36. The van der Waals surface area contributed by atoms with Gasteiger partial charge < -0.3 is 9.64 Å². The molecule has 0 N–H and O–H groups in total. The van der Waals surface area contributed by atoms with Crippen LogP contribution in [0, 0.1) is 17.7 Å². The van der Waals surface area contributed by atoms with Gasteiger partial charge in [0.15, 0.2) is 5.52 Å². The Hall–Kier alpha value is -3.40. The van der Waals surface area contributed by atoms with Crippen LogP contribution in [0.4, 0.5) is 10.1 Å². The zero-order valence-corrected chi connectivity index (χ0v) is 13.6. The lowest BCUT2D eigenvalue weighted by atomic mass is 10.1. The van der Waals surface area contributed by atoms with Gasteiger partial charge in [-0.1, -0.05) is 18.1 Å². The normalized spacial score (nSPS) is 10.2. The van der Waals surface area contributed by atoms with Crippen LogP contribution in [0.25, 0.3) is 11.0 Å². The third-order valence-corrected chi connectivity index (χ3v) is 3.58. The monoisotopic (exact) mass is 339 g/mol. The van der Waals surface area contributed by atoms with E-state index in [1.807, 2.05) is 11.9 Å². The molecule has 0 saturated carbocycles. The van der Waals surface area contributed by atoms with E-state index in [-0.39, 0.29) is 5.82 Å². The second kappa shape index (κ2) is 7.01. The number of carbonyl (C=O) groups is 1. The fourth-order valence-electron chi connectivity index (χ4n) is 2.36. The summed E-state index contributed by atoms with van der Waals surface area (Å²) in [4.78, 5) is 13.1. The van der Waals surface area contributed by atoms with Gasteiger partial charge >= 0.3 is 5.97 Å². The maximum atomic E-state index is 13.0. The molecule has 3 rings (SSSR count). The van der Waals surface area contributed by atoms with Crippen LogP contribution in [0.3, 0.4) is 0 Å². The number of esters is 1. The summed E-state index contributed by atoms with van der Waals surface area (Å²) < 4.78 is 22.4. The van der Waals surface area contributed by atoms with Gasteiger partial charge in [-0.15, -0.1) is 0 Å². The molecule has 3 aromatic rings. The number of carbonyl (C=O) groups excluding carboxylic acids is 1. The Morgan fingerprint density at radius 2 is 2.04 bits per heavy atom. The van der Waals surface area contributed by atoms with Gasteiger partial charge in [0.05, 0.1) is 12.8 Å². The molecule has 0 amide bonds. The highest BCUT2D eigenvalue weighted by Crippen LogP contribution is 2.26. The van der Waals surface area contributed by atoms with Crippen LogP contribution >= 0.6 is 0 Å². The number of anilines is 1. The molecule has 0 atom stereocenters. The Balaban J connectivity index is 1.95. The van der Waals surface area contributed by atoms with Crippen LogP contribution in [0.1, 0.15) is 11.1 Å². The molecule has 0 aliphatic carbocycles. The van der Waals surface area contributed by atoms with E-state index in [1.165, 1.54) is 19.2 Å². The first-order valence-corrected chi connectivity index (χ1v) is 7.38. The second-order valence-corrected chi connectivity index (χ2v) is 5.35. The number of fused-ring (bicyclic) bond motifs is 1. The summed E-state index contributed by atoms with van der Waals surface area (Å²) in [7, 11) is 3.13. The molecule has 7 heteroatoms. The smallest absolute Gasteiger partial charge is 0.384 e. The molecule has 0 fully saturated rings. The molecule has 0 bridgehead atoms. The van der Waals surface area contributed by atoms with Crippen LogP contribution in [-0.4, -0.2) is 30.4 Å². The summed E-state index contributed by atoms with van der Waals surface area (Å²) in [5.41, 5.74) is 3.34. The van der Waals surface area contributed by atoms with E-state index in [9.17, 15) is 9.18 Å². The topological polar surface area (TPSA) is 68.5 Å². The number of aromatic nitrogens is 2. The van der Waals surface area contributed by atoms with E-state index < -0.39 is 5.97 Å². The first-order chi connectivity index (χ1) is 12.1. The van der Waals surface area contributed by atoms with Gasteiger partial charge in [0.2, 0.25) is 0 Å². The van der Waals surface area contributed by atoms with E-state index >= 15 is 0 Å². The largest absolute Gasteiger partial charge is 0.459 e. The third-order valence-electron chi connectivity index (χ3n) is 3.58. The Bertz CT molecular complexity index is 971. The maximum absolute atomic E-state index is 13.0. The fraction of sp³-hybridized carbons (Fsp3) is 0.167. The van der Waals surface area contributed by atoms with Crippen molar-refractivity contribution in [1.82, 2.24) is 10.3 Å². The SMILES string of the molecule is COC(=O)C#Cc1cc(N(C)Cc2ccc(F)cc2)c2nonc2c1. The molecular formula is C18H14FN3O3. The summed E-state index contributed by atoms with van der Waals surface area (Å²) in [6.45, 7) is 0.524. The Morgan fingerprint density at radius 3 is 2.76 bits per heavy atom. The molecule has 1 heterocycles. The Morgan fingerprint density at radius 1 is 1.28 bits per heavy atom. The van der Waals surface area contributed by atoms with Gasteiger partial charge in [0, 0.05) is 25.1 Å². The van der Waals surface area contributed by atoms with Crippen LogP contribution < -0.4 is 4.90 Å². The molecule has 1 aromatic heterocycles. The number of halogens is 1. The minimum Gasteiger partial charge on any atom is -0.459 e. The Kier molecular flexibility index (Phi) is 4.61. The van der Waals surface area contributed by atoms with Crippen molar-refractivity contribution in [3.05, 3.63) is 53.3 Å². The van der Waals surface area contributed by atoms with Gasteiger partial charge in [0.1, 0.15) is 11.3 Å². The van der Waals surface area contributed by atoms with Gasteiger partial charge in [-0.3, -0.25) is 0 Å². The van der Waals surface area contributed by atoms with Crippen LogP contribution in [0.2, 0.25) is 0 Å². The van der Waals surface area contributed by atoms with Crippen molar-refractivity contribution in [3.63, 3.8) is 0 Å². The van der Waals surface area contributed by atoms with Crippen molar-refractivity contribution in [2.75, 3.05) is 19.1 Å². The molecule has 126 valence electrons. The summed E-state index contributed by atoms with van der Waals surface area (Å²) in [5.74, 6) is 4.20. The van der Waals surface area contributed by atoms with Crippen LogP contribution in [0.5, 0.6) is 0 Å². The quantitative estimate of drug-likeness (QED) is 0.539. The lowest BCUT2D eigenvalue weighted by molar-refractivity contribution is -0.133. The van der Waals surface area contributed by atoms with Crippen LogP contribution in [0.15, 0.2) is 41.0 Å². The first-order valence-electron chi connectivity index (χ1n) is 7.38. The van der Waals surface area contributed by atoms with Crippen molar-refractivity contribution in [3.8, 4) is 11.8 Å². The molecule has 0 saturated heterocycles. The van der Waals surface area contributed by atoms with Gasteiger partial charge in [0.25, 0.3) is 0 Å². The van der Waals surface area contributed by atoms with Crippen molar-refractivity contribution >= 4 is 22.7 Å². The lowest BCUT2D eigenvalue weighted by Gasteiger charge is -2.19. The summed E-state index contributed by atoms with van der Waals surface area (Å²) in [6.07, 6.45) is 0. The highest BCUT2D eigenvalue weighted by Gasteiger charge is 2.13. The highest BCUT2D eigenvalue weighted by atomic mass is 19.1. The summed E-state index contributed by atoms with van der Waals surface area (Å²) in [6, 6.07) is 9.71. The van der Waals surface area contributed by atoms with E-state index in [4.69, 9.17) is 4.63 Å². The number of rotatable bonds is 3. The average molecular weight is 339 g/mol. The average Bonchev–Trinajstić information content (AvgIpc) is 3.09. The predicted octanol–water partition coefficient (Wildman–Crippen LogP) is 2.52. The minimum atomic E-state index is -0.625. The number of ether oxygens (including phenoxy) is 1. The lowest BCUT2D eigenvalue weighted by Crippen LogP contribution is -2.17. The maximum Gasteiger partial charge on any atom is 0.384 e. The molecule has 6 nitrogen and oxygen atoms in total. The van der Waals surface area contributed by atoms with E-state index in [1.54, 1.807) is 24.3 Å².